The molecule has 0 spiro atoms. The first-order valence-corrected chi connectivity index (χ1v) is 6.68. The van der Waals surface area contributed by atoms with Gasteiger partial charge in [-0.3, -0.25) is 4.79 Å². The van der Waals surface area contributed by atoms with Crippen LogP contribution in [0, 0.1) is 11.3 Å². The minimum Gasteiger partial charge on any atom is -0.319 e. The predicted octanol–water partition coefficient (Wildman–Crippen LogP) is 0.205. The highest BCUT2D eigenvalue weighted by molar-refractivity contribution is 5.92. The summed E-state index contributed by atoms with van der Waals surface area (Å²) in [6.07, 6.45) is 1.44. The summed E-state index contributed by atoms with van der Waals surface area (Å²) in [6, 6.07) is 11.0. The molecule has 2 heterocycles. The average Bonchev–Trinajstić information content (AvgIpc) is 3.05. The van der Waals surface area contributed by atoms with Crippen molar-refractivity contribution in [3.05, 3.63) is 42.2 Å². The fourth-order valence-corrected chi connectivity index (χ4v) is 2.26. The fraction of sp³-hybridized carbons (Fsp3) is 0.286. The third-order valence-corrected chi connectivity index (χ3v) is 3.35. The second-order valence-electron chi connectivity index (χ2n) is 4.70. The molecule has 1 aromatic carbocycles. The number of amides is 1. The van der Waals surface area contributed by atoms with Crippen molar-refractivity contribution in [1.29, 1.82) is 5.26 Å². The second kappa shape index (κ2) is 5.73. The molecule has 1 aliphatic rings. The second-order valence-corrected chi connectivity index (χ2v) is 4.70. The molecular weight excluding hydrogens is 268 g/mol. The maximum absolute atomic E-state index is 12.4. The van der Waals surface area contributed by atoms with Crippen LogP contribution in [0.15, 0.2) is 36.5 Å². The Hall–Kier alpha value is -2.72. The van der Waals surface area contributed by atoms with Crippen molar-refractivity contribution in [2.45, 2.75) is 6.04 Å². The van der Waals surface area contributed by atoms with Gasteiger partial charge in [-0.2, -0.15) is 15.2 Å². The number of benzene rings is 1. The SMILES string of the molecule is N#CC1CNCCN1C(=O)c1cnn(-c2ccccc2)n1. The molecule has 1 aromatic heterocycles. The molecule has 7 nitrogen and oxygen atoms in total. The van der Waals surface area contributed by atoms with Gasteiger partial charge in [0.2, 0.25) is 0 Å². The van der Waals surface area contributed by atoms with Gasteiger partial charge in [0.15, 0.2) is 5.69 Å². The van der Waals surface area contributed by atoms with Gasteiger partial charge in [0, 0.05) is 19.6 Å². The van der Waals surface area contributed by atoms with E-state index in [1.165, 1.54) is 15.9 Å². The largest absolute Gasteiger partial charge is 0.319 e. The number of nitrogens with one attached hydrogen (secondary N) is 1. The van der Waals surface area contributed by atoms with Crippen LogP contribution < -0.4 is 5.32 Å². The Bertz CT molecular complexity index is 674. The van der Waals surface area contributed by atoms with Crippen LogP contribution in [0.4, 0.5) is 0 Å². The lowest BCUT2D eigenvalue weighted by Gasteiger charge is -2.31. The third-order valence-electron chi connectivity index (χ3n) is 3.35. The molecular formula is C14H14N6O. The highest BCUT2D eigenvalue weighted by atomic mass is 16.2. The van der Waals surface area contributed by atoms with E-state index in [0.29, 0.717) is 19.6 Å². The first-order valence-electron chi connectivity index (χ1n) is 6.68. The molecule has 0 bridgehead atoms. The van der Waals surface area contributed by atoms with Gasteiger partial charge in [-0.15, -0.1) is 5.10 Å². The number of nitriles is 1. The molecule has 106 valence electrons. The standard InChI is InChI=1S/C14H14N6O/c15-8-12-9-16-6-7-19(12)14(21)13-10-17-20(18-13)11-4-2-1-3-5-11/h1-5,10,12,16H,6-7,9H2. The van der Waals surface area contributed by atoms with E-state index in [4.69, 9.17) is 5.26 Å². The van der Waals surface area contributed by atoms with Crippen molar-refractivity contribution in [3.63, 3.8) is 0 Å². The van der Waals surface area contributed by atoms with Crippen molar-refractivity contribution in [2.75, 3.05) is 19.6 Å². The number of para-hydroxylation sites is 1. The van der Waals surface area contributed by atoms with Crippen LogP contribution in [0.25, 0.3) is 5.69 Å². The number of aromatic nitrogens is 3. The van der Waals surface area contributed by atoms with Crippen molar-refractivity contribution in [1.82, 2.24) is 25.2 Å². The molecule has 3 rings (SSSR count). The van der Waals surface area contributed by atoms with Gasteiger partial charge in [-0.05, 0) is 12.1 Å². The molecule has 1 amide bonds. The molecule has 1 saturated heterocycles. The number of nitrogens with zero attached hydrogens (tertiary/aromatic N) is 5. The lowest BCUT2D eigenvalue weighted by Crippen LogP contribution is -2.53. The highest BCUT2D eigenvalue weighted by Gasteiger charge is 2.28. The average molecular weight is 282 g/mol. The van der Waals surface area contributed by atoms with E-state index >= 15 is 0 Å². The van der Waals surface area contributed by atoms with Gasteiger partial charge in [0.25, 0.3) is 5.91 Å². The Balaban J connectivity index is 1.83. The van der Waals surface area contributed by atoms with E-state index in [-0.39, 0.29) is 11.6 Å². The zero-order chi connectivity index (χ0) is 14.7. The minimum atomic E-state index is -0.465. The first-order chi connectivity index (χ1) is 10.3. The van der Waals surface area contributed by atoms with Crippen LogP contribution in [0.2, 0.25) is 0 Å². The third kappa shape index (κ3) is 2.61. The van der Waals surface area contributed by atoms with Crippen molar-refractivity contribution >= 4 is 5.91 Å². The zero-order valence-corrected chi connectivity index (χ0v) is 11.3. The number of rotatable bonds is 2. The van der Waals surface area contributed by atoms with E-state index in [1.807, 2.05) is 30.3 Å². The van der Waals surface area contributed by atoms with Gasteiger partial charge >= 0.3 is 0 Å². The number of carbonyl (C=O) groups excluding carboxylic acids is 1. The van der Waals surface area contributed by atoms with Gasteiger partial charge in [-0.25, -0.2) is 0 Å². The summed E-state index contributed by atoms with van der Waals surface area (Å²) in [5.41, 5.74) is 1.04. The molecule has 7 heteroatoms. The molecule has 1 aliphatic heterocycles. The van der Waals surface area contributed by atoms with E-state index in [1.54, 1.807) is 0 Å². The van der Waals surface area contributed by atoms with Crippen molar-refractivity contribution in [2.24, 2.45) is 0 Å². The number of piperazine rings is 1. The molecule has 0 saturated carbocycles. The van der Waals surface area contributed by atoms with Crippen LogP contribution >= 0.6 is 0 Å². The molecule has 1 unspecified atom stereocenters. The van der Waals surface area contributed by atoms with Gasteiger partial charge in [-0.1, -0.05) is 18.2 Å². The topological polar surface area (TPSA) is 86.8 Å². The molecule has 1 atom stereocenters. The molecule has 21 heavy (non-hydrogen) atoms. The lowest BCUT2D eigenvalue weighted by atomic mass is 10.2. The summed E-state index contributed by atoms with van der Waals surface area (Å²) in [4.78, 5) is 15.4. The molecule has 2 aromatic rings. The summed E-state index contributed by atoms with van der Waals surface area (Å²) < 4.78 is 0. The summed E-state index contributed by atoms with van der Waals surface area (Å²) >= 11 is 0. The predicted molar refractivity (Wildman–Crippen MR) is 74.7 cm³/mol. The van der Waals surface area contributed by atoms with E-state index in [2.05, 4.69) is 21.6 Å². The Morgan fingerprint density at radius 1 is 1.38 bits per heavy atom. The smallest absolute Gasteiger partial charge is 0.277 e. The Labute approximate surface area is 121 Å². The first kappa shape index (κ1) is 13.3. The Kier molecular flexibility index (Phi) is 3.62. The van der Waals surface area contributed by atoms with Crippen LogP contribution in [-0.2, 0) is 0 Å². The maximum atomic E-state index is 12.4. The molecule has 1 fully saturated rings. The normalized spacial score (nSPS) is 18.2. The van der Waals surface area contributed by atoms with E-state index < -0.39 is 6.04 Å². The highest BCUT2D eigenvalue weighted by Crippen LogP contribution is 2.10. The van der Waals surface area contributed by atoms with Crippen LogP contribution in [0.5, 0.6) is 0 Å². The van der Waals surface area contributed by atoms with E-state index in [0.717, 1.165) is 5.69 Å². The molecule has 0 aliphatic carbocycles. The Morgan fingerprint density at radius 3 is 2.95 bits per heavy atom. The van der Waals surface area contributed by atoms with Gasteiger partial charge in [0.1, 0.15) is 6.04 Å². The van der Waals surface area contributed by atoms with Gasteiger partial charge < -0.3 is 10.2 Å². The quantitative estimate of drug-likeness (QED) is 0.850. The molecule has 0 radical (unpaired) electrons. The summed E-state index contributed by atoms with van der Waals surface area (Å²) in [5.74, 6) is -0.259. The van der Waals surface area contributed by atoms with Gasteiger partial charge in [0.05, 0.1) is 18.0 Å². The number of hydrogen-bond donors (Lipinski definition) is 1. The molecule has 1 N–H and O–H groups in total. The number of hydrogen-bond acceptors (Lipinski definition) is 5. The maximum Gasteiger partial charge on any atom is 0.277 e. The summed E-state index contributed by atoms with van der Waals surface area (Å²) in [7, 11) is 0. The summed E-state index contributed by atoms with van der Waals surface area (Å²) in [6.45, 7) is 1.65. The minimum absolute atomic E-state index is 0.251. The lowest BCUT2D eigenvalue weighted by molar-refractivity contribution is 0.0680. The van der Waals surface area contributed by atoms with Crippen molar-refractivity contribution < 1.29 is 4.79 Å². The van der Waals surface area contributed by atoms with E-state index in [9.17, 15) is 4.79 Å². The monoisotopic (exact) mass is 282 g/mol. The fourth-order valence-electron chi connectivity index (χ4n) is 2.26. The number of carbonyl (C=O) groups is 1. The zero-order valence-electron chi connectivity index (χ0n) is 11.3. The van der Waals surface area contributed by atoms with Crippen LogP contribution in [-0.4, -0.2) is 51.5 Å². The summed E-state index contributed by atoms with van der Waals surface area (Å²) in [5, 5.41) is 20.5. The Morgan fingerprint density at radius 2 is 2.19 bits per heavy atom. The van der Waals surface area contributed by atoms with Crippen LogP contribution in [0.1, 0.15) is 10.5 Å². The van der Waals surface area contributed by atoms with Crippen LogP contribution in [0.3, 0.4) is 0 Å². The van der Waals surface area contributed by atoms with Crippen molar-refractivity contribution in [3.8, 4) is 11.8 Å².